The molecule has 0 N–H and O–H groups in total. The van der Waals surface area contributed by atoms with Gasteiger partial charge in [-0.2, -0.15) is 0 Å². The second-order valence-corrected chi connectivity index (χ2v) is 6.52. The van der Waals surface area contributed by atoms with Crippen LogP contribution in [0.15, 0.2) is 72.8 Å². The minimum atomic E-state index is -0.230. The van der Waals surface area contributed by atoms with Crippen LogP contribution in [0.25, 0.3) is 0 Å². The summed E-state index contributed by atoms with van der Waals surface area (Å²) in [5.41, 5.74) is 3.13. The highest BCUT2D eigenvalue weighted by Crippen LogP contribution is 2.21. The van der Waals surface area contributed by atoms with Crippen LogP contribution in [0.1, 0.15) is 31.8 Å². The Morgan fingerprint density at radius 1 is 0.808 bits per heavy atom. The number of carbonyl (C=O) groups excluding carboxylic acids is 2. The number of benzene rings is 3. The third-order valence-electron chi connectivity index (χ3n) is 4.23. The molecule has 0 aliphatic rings. The molecular weight excluding hydrogens is 346 g/mol. The number of amides is 1. The monoisotopic (exact) mass is 363 g/mol. The lowest BCUT2D eigenvalue weighted by Gasteiger charge is -2.19. The lowest BCUT2D eigenvalue weighted by molar-refractivity contribution is 0.0976. The van der Waals surface area contributed by atoms with Crippen molar-refractivity contribution < 1.29 is 9.59 Å². The molecule has 0 bridgehead atoms. The number of hydrogen-bond acceptors (Lipinski definition) is 2. The van der Waals surface area contributed by atoms with Crippen molar-refractivity contribution in [3.8, 4) is 0 Å². The molecule has 0 spiro atoms. The molecule has 0 aromatic heterocycles. The first-order chi connectivity index (χ1) is 12.5. The van der Waals surface area contributed by atoms with Crippen LogP contribution in [0, 0.1) is 6.92 Å². The summed E-state index contributed by atoms with van der Waals surface area (Å²) >= 11 is 5.89. The zero-order chi connectivity index (χ0) is 18.7. The van der Waals surface area contributed by atoms with Gasteiger partial charge in [0, 0.05) is 28.9 Å². The van der Waals surface area contributed by atoms with E-state index in [0.29, 0.717) is 21.7 Å². The molecular formula is C22H18ClNO2. The first-order valence-corrected chi connectivity index (χ1v) is 8.59. The zero-order valence-electron chi connectivity index (χ0n) is 14.6. The number of rotatable bonds is 4. The van der Waals surface area contributed by atoms with Crippen LogP contribution < -0.4 is 4.90 Å². The summed E-state index contributed by atoms with van der Waals surface area (Å²) in [5.74, 6) is -0.435. The summed E-state index contributed by atoms with van der Waals surface area (Å²) in [5, 5.41) is 0.560. The lowest BCUT2D eigenvalue weighted by Crippen LogP contribution is -2.28. The Morgan fingerprint density at radius 2 is 1.38 bits per heavy atom. The molecule has 0 saturated carbocycles. The smallest absolute Gasteiger partial charge is 0.258 e. The molecule has 0 fully saturated rings. The van der Waals surface area contributed by atoms with Gasteiger partial charge >= 0.3 is 0 Å². The minimum Gasteiger partial charge on any atom is -0.311 e. The SMILES string of the molecule is Cc1ccc(N(C)C(=O)c2ccccc2C(=O)c2ccc(Cl)cc2)cc1. The average Bonchev–Trinajstić information content (AvgIpc) is 2.67. The van der Waals surface area contributed by atoms with Crippen molar-refractivity contribution >= 4 is 29.0 Å². The highest BCUT2D eigenvalue weighted by Gasteiger charge is 2.21. The maximum atomic E-state index is 13.0. The normalized spacial score (nSPS) is 10.4. The Balaban J connectivity index is 1.95. The van der Waals surface area contributed by atoms with Crippen LogP contribution in [-0.4, -0.2) is 18.7 Å². The first-order valence-electron chi connectivity index (χ1n) is 8.21. The van der Waals surface area contributed by atoms with Gasteiger partial charge in [-0.25, -0.2) is 0 Å². The third-order valence-corrected chi connectivity index (χ3v) is 4.49. The van der Waals surface area contributed by atoms with Gasteiger partial charge in [-0.1, -0.05) is 47.5 Å². The lowest BCUT2D eigenvalue weighted by atomic mass is 9.97. The van der Waals surface area contributed by atoms with Crippen molar-refractivity contribution in [1.29, 1.82) is 0 Å². The Hall–Kier alpha value is -2.91. The number of nitrogens with zero attached hydrogens (tertiary/aromatic N) is 1. The summed E-state index contributed by atoms with van der Waals surface area (Å²) < 4.78 is 0. The van der Waals surface area contributed by atoms with Gasteiger partial charge in [-0.05, 0) is 49.4 Å². The number of ketones is 1. The van der Waals surface area contributed by atoms with Crippen molar-refractivity contribution in [3.05, 3.63) is 100 Å². The van der Waals surface area contributed by atoms with E-state index in [2.05, 4.69) is 0 Å². The van der Waals surface area contributed by atoms with Crippen LogP contribution in [0.5, 0.6) is 0 Å². The molecule has 3 aromatic carbocycles. The zero-order valence-corrected chi connectivity index (χ0v) is 15.3. The number of aryl methyl sites for hydroxylation is 1. The third kappa shape index (κ3) is 3.68. The fourth-order valence-electron chi connectivity index (χ4n) is 2.69. The molecule has 0 unspecified atom stereocenters. The molecule has 0 aliphatic carbocycles. The van der Waals surface area contributed by atoms with Crippen LogP contribution in [-0.2, 0) is 0 Å². The Kier molecular flexibility index (Phi) is 5.19. The van der Waals surface area contributed by atoms with Gasteiger partial charge < -0.3 is 4.90 Å². The second kappa shape index (κ2) is 7.54. The number of carbonyl (C=O) groups is 2. The fourth-order valence-corrected chi connectivity index (χ4v) is 2.82. The van der Waals surface area contributed by atoms with Crippen molar-refractivity contribution in [2.75, 3.05) is 11.9 Å². The standard InChI is InChI=1S/C22H18ClNO2/c1-15-7-13-18(14-8-15)24(2)22(26)20-6-4-3-5-19(20)21(25)16-9-11-17(23)12-10-16/h3-14H,1-2H3. The van der Waals surface area contributed by atoms with Crippen molar-refractivity contribution in [2.45, 2.75) is 6.92 Å². The van der Waals surface area contributed by atoms with E-state index in [-0.39, 0.29) is 11.7 Å². The predicted molar refractivity (Wildman–Crippen MR) is 105 cm³/mol. The van der Waals surface area contributed by atoms with Crippen molar-refractivity contribution in [1.82, 2.24) is 0 Å². The van der Waals surface area contributed by atoms with Crippen molar-refractivity contribution in [2.24, 2.45) is 0 Å². The van der Waals surface area contributed by atoms with E-state index in [4.69, 9.17) is 11.6 Å². The summed E-state index contributed by atoms with van der Waals surface area (Å²) in [4.78, 5) is 27.4. The number of halogens is 1. The molecule has 0 saturated heterocycles. The number of anilines is 1. The second-order valence-electron chi connectivity index (χ2n) is 6.08. The van der Waals surface area contributed by atoms with E-state index < -0.39 is 0 Å². The molecule has 3 nitrogen and oxygen atoms in total. The molecule has 3 aromatic rings. The molecule has 0 heterocycles. The molecule has 130 valence electrons. The summed E-state index contributed by atoms with van der Waals surface area (Å²) in [6, 6.07) is 21.2. The quantitative estimate of drug-likeness (QED) is 0.601. The van der Waals surface area contributed by atoms with Gasteiger partial charge in [0.2, 0.25) is 0 Å². The van der Waals surface area contributed by atoms with E-state index in [9.17, 15) is 9.59 Å². The summed E-state index contributed by atoms with van der Waals surface area (Å²) in [6.45, 7) is 1.99. The van der Waals surface area contributed by atoms with Crippen LogP contribution in [0.2, 0.25) is 5.02 Å². The fraction of sp³-hybridized carbons (Fsp3) is 0.0909. The highest BCUT2D eigenvalue weighted by molar-refractivity contribution is 6.30. The van der Waals surface area contributed by atoms with Gasteiger partial charge in [0.15, 0.2) is 5.78 Å². The maximum Gasteiger partial charge on any atom is 0.258 e. The average molecular weight is 364 g/mol. The van der Waals surface area contributed by atoms with Gasteiger partial charge in [0.25, 0.3) is 5.91 Å². The molecule has 0 atom stereocenters. The van der Waals surface area contributed by atoms with E-state index in [1.165, 1.54) is 0 Å². The largest absolute Gasteiger partial charge is 0.311 e. The van der Waals surface area contributed by atoms with Crippen LogP contribution in [0.4, 0.5) is 5.69 Å². The summed E-state index contributed by atoms with van der Waals surface area (Å²) in [7, 11) is 1.70. The highest BCUT2D eigenvalue weighted by atomic mass is 35.5. The molecule has 4 heteroatoms. The molecule has 1 amide bonds. The Labute approximate surface area is 157 Å². The van der Waals surface area contributed by atoms with E-state index in [0.717, 1.165) is 11.3 Å². The minimum absolute atomic E-state index is 0.206. The molecule has 0 aliphatic heterocycles. The molecule has 26 heavy (non-hydrogen) atoms. The topological polar surface area (TPSA) is 37.4 Å². The van der Waals surface area contributed by atoms with Gasteiger partial charge in [0.05, 0.1) is 5.56 Å². The predicted octanol–water partition coefficient (Wildman–Crippen LogP) is 5.16. The molecule has 3 rings (SSSR count). The van der Waals surface area contributed by atoms with Gasteiger partial charge in [-0.3, -0.25) is 9.59 Å². The number of hydrogen-bond donors (Lipinski definition) is 0. The van der Waals surface area contributed by atoms with Crippen LogP contribution in [0.3, 0.4) is 0 Å². The Bertz CT molecular complexity index is 947. The van der Waals surface area contributed by atoms with Gasteiger partial charge in [0.1, 0.15) is 0 Å². The van der Waals surface area contributed by atoms with E-state index in [1.54, 1.807) is 60.5 Å². The van der Waals surface area contributed by atoms with Crippen molar-refractivity contribution in [3.63, 3.8) is 0 Å². The maximum absolute atomic E-state index is 13.0. The van der Waals surface area contributed by atoms with Gasteiger partial charge in [-0.15, -0.1) is 0 Å². The van der Waals surface area contributed by atoms with E-state index >= 15 is 0 Å². The van der Waals surface area contributed by atoms with E-state index in [1.807, 2.05) is 31.2 Å². The van der Waals surface area contributed by atoms with Crippen LogP contribution >= 0.6 is 11.6 Å². The molecule has 0 radical (unpaired) electrons. The first kappa shape index (κ1) is 17.9. The summed E-state index contributed by atoms with van der Waals surface area (Å²) in [6.07, 6.45) is 0. The Morgan fingerprint density at radius 3 is 2.00 bits per heavy atom.